The van der Waals surface area contributed by atoms with Crippen molar-refractivity contribution in [2.75, 3.05) is 0 Å². The van der Waals surface area contributed by atoms with Crippen LogP contribution in [-0.2, 0) is 9.59 Å². The molecule has 0 atom stereocenters. The fraction of sp³-hybridized carbons (Fsp3) is 0.600. The van der Waals surface area contributed by atoms with Gasteiger partial charge in [0.15, 0.2) is 0 Å². The molecule has 4 nitrogen and oxygen atoms in total. The number of allylic oxidation sites excluding steroid dienone is 2. The largest absolute Gasteiger partial charge is 0.480 e. The molecule has 1 saturated carbocycles. The summed E-state index contributed by atoms with van der Waals surface area (Å²) in [5, 5.41) is 12.2. The second-order valence-corrected chi connectivity index (χ2v) is 5.18. The highest BCUT2D eigenvalue weighted by atomic mass is 16.4. The topological polar surface area (TPSA) is 66.4 Å². The van der Waals surface area contributed by atoms with Gasteiger partial charge in [0.05, 0.1) is 0 Å². The van der Waals surface area contributed by atoms with Gasteiger partial charge in [0, 0.05) is 5.92 Å². The normalized spacial score (nSPS) is 17.7. The number of hydrogen-bond acceptors (Lipinski definition) is 2. The van der Waals surface area contributed by atoms with Crippen LogP contribution in [0.5, 0.6) is 0 Å². The number of nitrogens with one attached hydrogen (secondary N) is 1. The summed E-state index contributed by atoms with van der Waals surface area (Å²) in [5.74, 6) is -1.39. The maximum Gasteiger partial charge on any atom is 0.329 e. The van der Waals surface area contributed by atoms with Crippen molar-refractivity contribution in [2.45, 2.75) is 50.5 Å². The van der Waals surface area contributed by atoms with Gasteiger partial charge in [-0.1, -0.05) is 31.4 Å². The lowest BCUT2D eigenvalue weighted by Gasteiger charge is -2.35. The number of carbonyl (C=O) groups is 2. The highest BCUT2D eigenvalue weighted by Crippen LogP contribution is 2.29. The van der Waals surface area contributed by atoms with Crippen LogP contribution >= 0.6 is 0 Å². The molecule has 0 aromatic heterocycles. The molecule has 0 aromatic rings. The maximum atomic E-state index is 12.2. The van der Waals surface area contributed by atoms with Gasteiger partial charge in [-0.3, -0.25) is 4.79 Å². The average Bonchev–Trinajstić information content (AvgIpc) is 2.39. The molecule has 106 valence electrons. The lowest BCUT2D eigenvalue weighted by molar-refractivity contribution is -0.150. The van der Waals surface area contributed by atoms with E-state index >= 15 is 0 Å². The van der Waals surface area contributed by atoms with E-state index in [1.54, 1.807) is 12.2 Å². The molecule has 1 aliphatic carbocycles. The summed E-state index contributed by atoms with van der Waals surface area (Å²) in [6, 6.07) is 0. The maximum absolute atomic E-state index is 12.2. The third-order valence-electron chi connectivity index (χ3n) is 3.75. The third-order valence-corrected chi connectivity index (χ3v) is 3.75. The van der Waals surface area contributed by atoms with E-state index in [0.29, 0.717) is 25.7 Å². The SMILES string of the molecule is C=CCC(CC=C)C(=O)NC1(C(=O)O)CCCCC1. The molecule has 2 N–H and O–H groups in total. The number of hydrogen-bond donors (Lipinski definition) is 2. The summed E-state index contributed by atoms with van der Waals surface area (Å²) in [6.07, 6.45) is 8.20. The molecule has 0 heterocycles. The Kier molecular flexibility index (Phi) is 5.80. The minimum absolute atomic E-state index is 0.205. The van der Waals surface area contributed by atoms with E-state index in [4.69, 9.17) is 0 Å². The van der Waals surface area contributed by atoms with Gasteiger partial charge in [-0.05, 0) is 25.7 Å². The number of aliphatic carboxylic acids is 1. The Labute approximate surface area is 114 Å². The fourth-order valence-electron chi connectivity index (χ4n) is 2.60. The first-order valence-electron chi connectivity index (χ1n) is 6.83. The summed E-state index contributed by atoms with van der Waals surface area (Å²) in [4.78, 5) is 23.7. The number of carboxylic acid groups (broad SMARTS) is 1. The molecule has 19 heavy (non-hydrogen) atoms. The molecule has 1 rings (SSSR count). The summed E-state index contributed by atoms with van der Waals surface area (Å²) >= 11 is 0. The summed E-state index contributed by atoms with van der Waals surface area (Å²) < 4.78 is 0. The van der Waals surface area contributed by atoms with Crippen molar-refractivity contribution in [2.24, 2.45) is 5.92 Å². The van der Waals surface area contributed by atoms with Gasteiger partial charge in [-0.25, -0.2) is 4.79 Å². The first kappa shape index (κ1) is 15.5. The van der Waals surface area contributed by atoms with E-state index < -0.39 is 11.5 Å². The first-order valence-corrected chi connectivity index (χ1v) is 6.83. The standard InChI is InChI=1S/C15H23NO3/c1-3-8-12(9-4-2)13(17)16-15(14(18)19)10-6-5-7-11-15/h3-4,12H,1-2,5-11H2,(H,16,17)(H,18,19). The summed E-state index contributed by atoms with van der Waals surface area (Å²) in [7, 11) is 0. The van der Waals surface area contributed by atoms with Crippen LogP contribution in [0.25, 0.3) is 0 Å². The third kappa shape index (κ3) is 3.94. The number of amides is 1. The van der Waals surface area contributed by atoms with E-state index in [0.717, 1.165) is 19.3 Å². The minimum atomic E-state index is -1.07. The molecule has 1 fully saturated rings. The zero-order chi connectivity index (χ0) is 14.3. The molecular weight excluding hydrogens is 242 g/mol. The molecule has 0 aliphatic heterocycles. The van der Waals surface area contributed by atoms with Crippen LogP contribution in [0.2, 0.25) is 0 Å². The highest BCUT2D eigenvalue weighted by Gasteiger charge is 2.41. The minimum Gasteiger partial charge on any atom is -0.480 e. The van der Waals surface area contributed by atoms with Crippen molar-refractivity contribution >= 4 is 11.9 Å². The zero-order valence-corrected chi connectivity index (χ0v) is 11.4. The first-order chi connectivity index (χ1) is 9.05. The zero-order valence-electron chi connectivity index (χ0n) is 11.4. The Morgan fingerprint density at radius 2 is 1.68 bits per heavy atom. The van der Waals surface area contributed by atoms with Crippen LogP contribution in [0.1, 0.15) is 44.9 Å². The molecule has 0 saturated heterocycles. The smallest absolute Gasteiger partial charge is 0.329 e. The second kappa shape index (κ2) is 7.12. The van der Waals surface area contributed by atoms with Gasteiger partial charge < -0.3 is 10.4 Å². The monoisotopic (exact) mass is 265 g/mol. The Hall–Kier alpha value is -1.58. The lowest BCUT2D eigenvalue weighted by atomic mass is 9.81. The van der Waals surface area contributed by atoms with Gasteiger partial charge >= 0.3 is 5.97 Å². The van der Waals surface area contributed by atoms with Crippen molar-refractivity contribution in [3.8, 4) is 0 Å². The van der Waals surface area contributed by atoms with Crippen LogP contribution in [0, 0.1) is 5.92 Å². The number of carbonyl (C=O) groups excluding carboxylic acids is 1. The van der Waals surface area contributed by atoms with Crippen molar-refractivity contribution in [3.05, 3.63) is 25.3 Å². The molecule has 1 amide bonds. The van der Waals surface area contributed by atoms with Gasteiger partial charge in [-0.15, -0.1) is 13.2 Å². The van der Waals surface area contributed by atoms with Gasteiger partial charge in [0.25, 0.3) is 0 Å². The Bertz CT molecular complexity index is 346. The predicted molar refractivity (Wildman–Crippen MR) is 74.7 cm³/mol. The van der Waals surface area contributed by atoms with Crippen LogP contribution in [0.15, 0.2) is 25.3 Å². The summed E-state index contributed by atoms with van der Waals surface area (Å²) in [5.41, 5.74) is -1.07. The van der Waals surface area contributed by atoms with Crippen molar-refractivity contribution in [1.29, 1.82) is 0 Å². The van der Waals surface area contributed by atoms with E-state index in [1.165, 1.54) is 0 Å². The highest BCUT2D eigenvalue weighted by molar-refractivity contribution is 5.88. The average molecular weight is 265 g/mol. The Balaban J connectivity index is 2.77. The van der Waals surface area contributed by atoms with E-state index in [2.05, 4.69) is 18.5 Å². The van der Waals surface area contributed by atoms with E-state index in [9.17, 15) is 14.7 Å². The van der Waals surface area contributed by atoms with Crippen LogP contribution in [0.3, 0.4) is 0 Å². The van der Waals surface area contributed by atoms with Crippen molar-refractivity contribution in [1.82, 2.24) is 5.32 Å². The van der Waals surface area contributed by atoms with Crippen LogP contribution < -0.4 is 5.32 Å². The van der Waals surface area contributed by atoms with Crippen molar-refractivity contribution in [3.63, 3.8) is 0 Å². The molecular formula is C15H23NO3. The van der Waals surface area contributed by atoms with Gasteiger partial charge in [-0.2, -0.15) is 0 Å². The number of rotatable bonds is 7. The van der Waals surface area contributed by atoms with Crippen LogP contribution in [0.4, 0.5) is 0 Å². The Morgan fingerprint density at radius 3 is 2.11 bits per heavy atom. The molecule has 0 radical (unpaired) electrons. The molecule has 4 heteroatoms. The van der Waals surface area contributed by atoms with Crippen LogP contribution in [-0.4, -0.2) is 22.5 Å². The lowest BCUT2D eigenvalue weighted by Crippen LogP contribution is -2.56. The van der Waals surface area contributed by atoms with Gasteiger partial charge in [0.1, 0.15) is 5.54 Å². The molecule has 0 aromatic carbocycles. The fourth-order valence-corrected chi connectivity index (χ4v) is 2.60. The van der Waals surface area contributed by atoms with Gasteiger partial charge in [0.2, 0.25) is 5.91 Å². The molecule has 0 bridgehead atoms. The summed E-state index contributed by atoms with van der Waals surface area (Å²) in [6.45, 7) is 7.27. The molecule has 0 unspecified atom stereocenters. The predicted octanol–water partition coefficient (Wildman–Crippen LogP) is 2.66. The Morgan fingerprint density at radius 1 is 1.16 bits per heavy atom. The van der Waals surface area contributed by atoms with Crippen molar-refractivity contribution < 1.29 is 14.7 Å². The van der Waals surface area contributed by atoms with E-state index in [1.807, 2.05) is 0 Å². The quantitative estimate of drug-likeness (QED) is 0.695. The number of carboxylic acids is 1. The molecule has 1 aliphatic rings. The second-order valence-electron chi connectivity index (χ2n) is 5.18. The molecule has 0 spiro atoms. The van der Waals surface area contributed by atoms with E-state index in [-0.39, 0.29) is 11.8 Å².